The summed E-state index contributed by atoms with van der Waals surface area (Å²) in [5.74, 6) is 0.159. The zero-order valence-electron chi connectivity index (χ0n) is 21.5. The molecule has 0 aliphatic rings. The van der Waals surface area contributed by atoms with Gasteiger partial charge in [-0.15, -0.1) is 0 Å². The summed E-state index contributed by atoms with van der Waals surface area (Å²) >= 11 is 0. The minimum absolute atomic E-state index is 0.0333. The van der Waals surface area contributed by atoms with Crippen LogP contribution in [-0.4, -0.2) is 27.6 Å². The van der Waals surface area contributed by atoms with Gasteiger partial charge in [0.1, 0.15) is 0 Å². The molecule has 2 N–H and O–H groups in total. The lowest BCUT2D eigenvalue weighted by Gasteiger charge is -2.07. The van der Waals surface area contributed by atoms with Crippen LogP contribution >= 0.6 is 0 Å². The number of ketones is 1. The van der Waals surface area contributed by atoms with Crippen LogP contribution in [0.3, 0.4) is 0 Å². The van der Waals surface area contributed by atoms with Gasteiger partial charge in [0.2, 0.25) is 0 Å². The van der Waals surface area contributed by atoms with Crippen molar-refractivity contribution in [2.75, 3.05) is 7.11 Å². The SMILES string of the molecule is CC.COc1cc(/C=C/C(=O)c2cccc(-n3cc(-c4cc(C)c(C)c(C)c4)[nH]c3=O)c2)ccc1O. The van der Waals surface area contributed by atoms with E-state index in [1.807, 2.05) is 13.8 Å². The molecule has 0 bridgehead atoms. The fourth-order valence-corrected chi connectivity index (χ4v) is 3.80. The van der Waals surface area contributed by atoms with Crippen molar-refractivity contribution < 1.29 is 14.6 Å². The molecule has 1 aromatic heterocycles. The van der Waals surface area contributed by atoms with Crippen LogP contribution in [0, 0.1) is 20.8 Å². The Bertz CT molecular complexity index is 1450. The van der Waals surface area contributed by atoms with Crippen molar-refractivity contribution in [3.05, 3.63) is 105 Å². The minimum atomic E-state index is -0.276. The number of benzene rings is 3. The Balaban J connectivity index is 0.00000176. The van der Waals surface area contributed by atoms with E-state index in [2.05, 4.69) is 37.9 Å². The second kappa shape index (κ2) is 11.4. The average molecular weight is 485 g/mol. The number of aromatic nitrogens is 2. The number of carbonyl (C=O) groups is 1. The molecular formula is C30H32N2O4. The van der Waals surface area contributed by atoms with Gasteiger partial charge in [-0.1, -0.05) is 38.1 Å². The van der Waals surface area contributed by atoms with E-state index in [9.17, 15) is 14.7 Å². The van der Waals surface area contributed by atoms with Gasteiger partial charge in [0.15, 0.2) is 17.3 Å². The largest absolute Gasteiger partial charge is 0.504 e. The number of hydrogen-bond acceptors (Lipinski definition) is 4. The molecule has 0 aliphatic heterocycles. The smallest absolute Gasteiger partial charge is 0.330 e. The molecule has 186 valence electrons. The molecule has 0 radical (unpaired) electrons. The summed E-state index contributed by atoms with van der Waals surface area (Å²) in [7, 11) is 1.47. The molecule has 3 aromatic carbocycles. The predicted molar refractivity (Wildman–Crippen MR) is 145 cm³/mol. The Morgan fingerprint density at radius 2 is 1.69 bits per heavy atom. The fourth-order valence-electron chi connectivity index (χ4n) is 3.80. The number of H-pyrrole nitrogens is 1. The lowest BCUT2D eigenvalue weighted by atomic mass is 9.99. The molecule has 0 aliphatic carbocycles. The van der Waals surface area contributed by atoms with Crippen LogP contribution in [0.1, 0.15) is 46.5 Å². The number of imidazole rings is 1. The summed E-state index contributed by atoms with van der Waals surface area (Å²) in [4.78, 5) is 28.4. The lowest BCUT2D eigenvalue weighted by Crippen LogP contribution is -2.14. The number of phenols is 1. The number of carbonyl (C=O) groups excluding carboxylic acids is 1. The summed E-state index contributed by atoms with van der Waals surface area (Å²) in [5, 5.41) is 9.72. The van der Waals surface area contributed by atoms with Gasteiger partial charge in [-0.25, -0.2) is 4.79 Å². The molecule has 36 heavy (non-hydrogen) atoms. The number of aromatic hydroxyl groups is 1. The van der Waals surface area contributed by atoms with Crippen LogP contribution in [0.4, 0.5) is 0 Å². The fraction of sp³-hybridized carbons (Fsp3) is 0.200. The number of nitrogens with zero attached hydrogens (tertiary/aromatic N) is 1. The Morgan fingerprint density at radius 3 is 2.36 bits per heavy atom. The first-order chi connectivity index (χ1) is 17.3. The van der Waals surface area contributed by atoms with Crippen molar-refractivity contribution in [2.24, 2.45) is 0 Å². The number of nitrogens with one attached hydrogen (secondary N) is 1. The second-order valence-electron chi connectivity index (χ2n) is 8.26. The Labute approximate surface area is 211 Å². The van der Waals surface area contributed by atoms with Gasteiger partial charge in [0, 0.05) is 17.3 Å². The van der Waals surface area contributed by atoms with Gasteiger partial charge in [-0.05, 0) is 85.5 Å². The van der Waals surface area contributed by atoms with E-state index >= 15 is 0 Å². The summed E-state index contributed by atoms with van der Waals surface area (Å²) in [6.07, 6.45) is 4.86. The van der Waals surface area contributed by atoms with E-state index in [4.69, 9.17) is 4.74 Å². The third-order valence-corrected chi connectivity index (χ3v) is 6.00. The number of phenolic OH excluding ortho intramolecular Hbond substituents is 1. The molecule has 6 heteroatoms. The molecule has 0 atom stereocenters. The third kappa shape index (κ3) is 5.66. The van der Waals surface area contributed by atoms with Crippen molar-refractivity contribution in [3.63, 3.8) is 0 Å². The number of rotatable bonds is 6. The topological polar surface area (TPSA) is 84.3 Å². The first-order valence-electron chi connectivity index (χ1n) is 11.9. The van der Waals surface area contributed by atoms with Crippen LogP contribution in [0.2, 0.25) is 0 Å². The third-order valence-electron chi connectivity index (χ3n) is 6.00. The van der Waals surface area contributed by atoms with Gasteiger partial charge in [0.25, 0.3) is 0 Å². The lowest BCUT2D eigenvalue weighted by molar-refractivity contribution is 0.104. The van der Waals surface area contributed by atoms with Gasteiger partial charge in [-0.2, -0.15) is 0 Å². The molecule has 0 amide bonds. The number of allylic oxidation sites excluding steroid dienone is 1. The van der Waals surface area contributed by atoms with E-state index in [0.29, 0.717) is 28.3 Å². The molecule has 4 aromatic rings. The Morgan fingerprint density at radius 1 is 1.00 bits per heavy atom. The number of ether oxygens (including phenoxy) is 1. The summed E-state index contributed by atoms with van der Waals surface area (Å²) in [6.45, 7) is 10.2. The maximum Gasteiger partial charge on any atom is 0.330 e. The van der Waals surface area contributed by atoms with E-state index in [1.54, 1.807) is 48.7 Å². The van der Waals surface area contributed by atoms with Crippen molar-refractivity contribution in [1.29, 1.82) is 0 Å². The molecule has 1 heterocycles. The van der Waals surface area contributed by atoms with Crippen LogP contribution in [0.15, 0.2) is 71.7 Å². The van der Waals surface area contributed by atoms with Crippen molar-refractivity contribution >= 4 is 11.9 Å². The first kappa shape index (κ1) is 26.3. The highest BCUT2D eigenvalue weighted by atomic mass is 16.5. The summed E-state index contributed by atoms with van der Waals surface area (Å²) in [6, 6.07) is 15.9. The monoisotopic (exact) mass is 484 g/mol. The highest BCUT2D eigenvalue weighted by molar-refractivity contribution is 6.07. The number of hydrogen-bond donors (Lipinski definition) is 2. The van der Waals surface area contributed by atoms with E-state index in [1.165, 1.54) is 29.4 Å². The molecule has 4 rings (SSSR count). The predicted octanol–water partition coefficient (Wildman–Crippen LogP) is 6.39. The van der Waals surface area contributed by atoms with Crippen molar-refractivity contribution in [3.8, 4) is 28.4 Å². The normalized spacial score (nSPS) is 10.7. The van der Waals surface area contributed by atoms with Crippen LogP contribution in [0.25, 0.3) is 23.0 Å². The van der Waals surface area contributed by atoms with Gasteiger partial charge in [0.05, 0.1) is 18.5 Å². The average Bonchev–Trinajstić information content (AvgIpc) is 3.29. The maximum absolute atomic E-state index is 12.8. The van der Waals surface area contributed by atoms with Crippen LogP contribution in [0.5, 0.6) is 11.5 Å². The second-order valence-corrected chi connectivity index (χ2v) is 8.26. The highest BCUT2D eigenvalue weighted by Gasteiger charge is 2.11. The zero-order valence-corrected chi connectivity index (χ0v) is 21.5. The van der Waals surface area contributed by atoms with E-state index < -0.39 is 0 Å². The van der Waals surface area contributed by atoms with Gasteiger partial charge in [-0.3, -0.25) is 9.36 Å². The van der Waals surface area contributed by atoms with Gasteiger partial charge < -0.3 is 14.8 Å². The number of aryl methyl sites for hydroxylation is 2. The summed E-state index contributed by atoms with van der Waals surface area (Å²) in [5.41, 5.74) is 6.70. The van der Waals surface area contributed by atoms with Gasteiger partial charge >= 0.3 is 5.69 Å². The van der Waals surface area contributed by atoms with Crippen molar-refractivity contribution in [2.45, 2.75) is 34.6 Å². The molecule has 0 saturated carbocycles. The van der Waals surface area contributed by atoms with Crippen molar-refractivity contribution in [1.82, 2.24) is 9.55 Å². The quantitative estimate of drug-likeness (QED) is 0.245. The minimum Gasteiger partial charge on any atom is -0.504 e. The van der Waals surface area contributed by atoms with Crippen LogP contribution in [-0.2, 0) is 0 Å². The summed E-state index contributed by atoms with van der Waals surface area (Å²) < 4.78 is 6.61. The highest BCUT2D eigenvalue weighted by Crippen LogP contribution is 2.27. The molecular weight excluding hydrogens is 452 g/mol. The molecule has 0 spiro atoms. The molecule has 0 saturated heterocycles. The molecule has 0 fully saturated rings. The first-order valence-corrected chi connectivity index (χ1v) is 11.9. The number of methoxy groups -OCH3 is 1. The maximum atomic E-state index is 12.8. The Hall–Kier alpha value is -4.32. The molecule has 0 unspecified atom stereocenters. The number of aromatic amines is 1. The van der Waals surface area contributed by atoms with E-state index in [0.717, 1.165) is 16.7 Å². The standard InChI is InChI=1S/C28H26N2O4.C2H6/c1-17-12-22(13-18(2)19(17)3)24-16-30(28(33)29-24)23-7-5-6-21(15-23)25(31)10-8-20-9-11-26(32)27(14-20)34-4;1-2/h5-16,32H,1-4H3,(H,29,33);1-2H3/b10-8+;. The zero-order chi connectivity index (χ0) is 26.4. The van der Waals surface area contributed by atoms with E-state index in [-0.39, 0.29) is 17.2 Å². The Kier molecular flexibility index (Phi) is 8.33. The molecule has 6 nitrogen and oxygen atoms in total. The van der Waals surface area contributed by atoms with Crippen LogP contribution < -0.4 is 10.4 Å².